The molecule has 3 N–H and O–H groups in total. The van der Waals surface area contributed by atoms with E-state index in [0.29, 0.717) is 11.3 Å². The van der Waals surface area contributed by atoms with Crippen LogP contribution in [0.3, 0.4) is 0 Å². The van der Waals surface area contributed by atoms with E-state index in [4.69, 9.17) is 10.5 Å². The molecule has 0 bridgehead atoms. The van der Waals surface area contributed by atoms with Crippen molar-refractivity contribution in [1.29, 1.82) is 0 Å². The van der Waals surface area contributed by atoms with Gasteiger partial charge < -0.3 is 15.8 Å². The maximum absolute atomic E-state index is 11.2. The van der Waals surface area contributed by atoms with Crippen LogP contribution in [0.1, 0.15) is 23.7 Å². The highest BCUT2D eigenvalue weighted by Crippen LogP contribution is 2.18. The van der Waals surface area contributed by atoms with E-state index in [-0.39, 0.29) is 5.78 Å². The fourth-order valence-corrected chi connectivity index (χ4v) is 1.44. The Hall–Kier alpha value is -1.55. The van der Waals surface area contributed by atoms with Gasteiger partial charge in [-0.2, -0.15) is 0 Å². The zero-order chi connectivity index (χ0) is 12.0. The quantitative estimate of drug-likeness (QED) is 0.438. The third kappa shape index (κ3) is 3.55. The lowest BCUT2D eigenvalue weighted by molar-refractivity contribution is 0.101. The second-order valence-electron chi connectivity index (χ2n) is 3.63. The van der Waals surface area contributed by atoms with Crippen LogP contribution in [0.15, 0.2) is 18.2 Å². The molecule has 0 aliphatic rings. The van der Waals surface area contributed by atoms with Gasteiger partial charge in [0.2, 0.25) is 0 Å². The van der Waals surface area contributed by atoms with Gasteiger partial charge in [0.15, 0.2) is 5.78 Å². The number of nitrogens with two attached hydrogens (primary N) is 1. The average molecular weight is 222 g/mol. The van der Waals surface area contributed by atoms with E-state index >= 15 is 0 Å². The predicted molar refractivity (Wildman–Crippen MR) is 65.8 cm³/mol. The third-order valence-electron chi connectivity index (χ3n) is 2.29. The van der Waals surface area contributed by atoms with Crippen LogP contribution in [0, 0.1) is 0 Å². The highest BCUT2D eigenvalue weighted by Gasteiger charge is 2.04. The van der Waals surface area contributed by atoms with Gasteiger partial charge >= 0.3 is 0 Å². The number of ketones is 1. The van der Waals surface area contributed by atoms with Crippen molar-refractivity contribution < 1.29 is 9.53 Å². The Labute approximate surface area is 95.8 Å². The summed E-state index contributed by atoms with van der Waals surface area (Å²) in [4.78, 5) is 11.2. The minimum atomic E-state index is -0.0107. The Balaban J connectivity index is 2.56. The molecule has 0 aliphatic carbocycles. The molecular formula is C12H18N2O2. The summed E-state index contributed by atoms with van der Waals surface area (Å²) in [6, 6.07) is 5.39. The van der Waals surface area contributed by atoms with Crippen LogP contribution in [-0.4, -0.2) is 26.0 Å². The molecule has 16 heavy (non-hydrogen) atoms. The second-order valence-corrected chi connectivity index (χ2v) is 3.63. The van der Waals surface area contributed by atoms with Crippen molar-refractivity contribution in [3.05, 3.63) is 23.8 Å². The van der Waals surface area contributed by atoms with Gasteiger partial charge in [0, 0.05) is 37.2 Å². The number of benzene rings is 1. The number of carbonyl (C=O) groups is 1. The summed E-state index contributed by atoms with van der Waals surface area (Å²) in [5, 5.41) is 3.22. The topological polar surface area (TPSA) is 64.3 Å². The molecule has 0 amide bonds. The molecule has 0 atom stereocenters. The van der Waals surface area contributed by atoms with E-state index in [1.807, 2.05) is 6.07 Å². The van der Waals surface area contributed by atoms with E-state index in [0.717, 1.165) is 25.3 Å². The highest BCUT2D eigenvalue weighted by molar-refractivity contribution is 5.99. The highest BCUT2D eigenvalue weighted by atomic mass is 16.5. The van der Waals surface area contributed by atoms with Crippen LogP contribution < -0.4 is 11.1 Å². The van der Waals surface area contributed by atoms with Crippen molar-refractivity contribution in [2.45, 2.75) is 13.3 Å². The Morgan fingerprint density at radius 1 is 1.50 bits per heavy atom. The van der Waals surface area contributed by atoms with Crippen molar-refractivity contribution in [1.82, 2.24) is 0 Å². The first kappa shape index (κ1) is 12.5. The molecule has 4 heteroatoms. The molecule has 1 rings (SSSR count). The number of ether oxygens (including phenoxy) is 1. The zero-order valence-electron chi connectivity index (χ0n) is 9.75. The van der Waals surface area contributed by atoms with E-state index < -0.39 is 0 Å². The van der Waals surface area contributed by atoms with E-state index in [9.17, 15) is 4.79 Å². The summed E-state index contributed by atoms with van der Waals surface area (Å²) < 4.78 is 4.94. The SMILES string of the molecule is COCCCNc1ccc(C(C)=O)c(N)c1. The summed E-state index contributed by atoms with van der Waals surface area (Å²) in [6.45, 7) is 3.07. The smallest absolute Gasteiger partial charge is 0.161 e. The van der Waals surface area contributed by atoms with E-state index in [1.165, 1.54) is 6.92 Å². The van der Waals surface area contributed by atoms with Gasteiger partial charge in [-0.15, -0.1) is 0 Å². The van der Waals surface area contributed by atoms with Crippen LogP contribution in [0.25, 0.3) is 0 Å². The maximum Gasteiger partial charge on any atom is 0.161 e. The number of methoxy groups -OCH3 is 1. The summed E-state index contributed by atoms with van der Waals surface area (Å²) in [5.41, 5.74) is 7.79. The summed E-state index contributed by atoms with van der Waals surface area (Å²) in [6.07, 6.45) is 0.935. The molecule has 0 unspecified atom stereocenters. The number of hydrogen-bond donors (Lipinski definition) is 2. The van der Waals surface area contributed by atoms with Crippen molar-refractivity contribution in [3.8, 4) is 0 Å². The fraction of sp³-hybridized carbons (Fsp3) is 0.417. The lowest BCUT2D eigenvalue weighted by Gasteiger charge is -2.08. The predicted octanol–water partition coefficient (Wildman–Crippen LogP) is 1.92. The second kappa shape index (κ2) is 6.12. The number of hydrogen-bond acceptors (Lipinski definition) is 4. The minimum absolute atomic E-state index is 0.0107. The monoisotopic (exact) mass is 222 g/mol. The first-order valence-electron chi connectivity index (χ1n) is 5.28. The maximum atomic E-state index is 11.2. The minimum Gasteiger partial charge on any atom is -0.398 e. The Bertz CT molecular complexity index is 364. The largest absolute Gasteiger partial charge is 0.398 e. The van der Waals surface area contributed by atoms with Crippen LogP contribution in [0.2, 0.25) is 0 Å². The Kier molecular flexibility index (Phi) is 4.79. The van der Waals surface area contributed by atoms with Gasteiger partial charge in [-0.3, -0.25) is 4.79 Å². The summed E-state index contributed by atoms with van der Waals surface area (Å²) in [7, 11) is 1.68. The van der Waals surface area contributed by atoms with Crippen LogP contribution in [0.4, 0.5) is 11.4 Å². The van der Waals surface area contributed by atoms with Gasteiger partial charge in [-0.1, -0.05) is 0 Å². The first-order chi connectivity index (χ1) is 7.65. The fourth-order valence-electron chi connectivity index (χ4n) is 1.44. The van der Waals surface area contributed by atoms with Crippen molar-refractivity contribution in [2.75, 3.05) is 31.3 Å². The number of Topliss-reactive ketones (excluding diaryl/α,β-unsaturated/α-hetero) is 1. The summed E-state index contributed by atoms with van der Waals surface area (Å²) >= 11 is 0. The number of rotatable bonds is 6. The van der Waals surface area contributed by atoms with Gasteiger partial charge in [0.1, 0.15) is 0 Å². The molecule has 88 valence electrons. The number of carbonyl (C=O) groups excluding carboxylic acids is 1. The molecule has 0 fully saturated rings. The molecule has 0 aliphatic heterocycles. The molecule has 0 heterocycles. The Morgan fingerprint density at radius 3 is 2.81 bits per heavy atom. The van der Waals surface area contributed by atoms with Gasteiger partial charge in [0.05, 0.1) is 0 Å². The van der Waals surface area contributed by atoms with E-state index in [1.54, 1.807) is 19.2 Å². The van der Waals surface area contributed by atoms with Gasteiger partial charge in [0.25, 0.3) is 0 Å². The van der Waals surface area contributed by atoms with Crippen molar-refractivity contribution in [2.24, 2.45) is 0 Å². The van der Waals surface area contributed by atoms with Gasteiger partial charge in [-0.05, 0) is 31.5 Å². The first-order valence-corrected chi connectivity index (χ1v) is 5.28. The van der Waals surface area contributed by atoms with Crippen molar-refractivity contribution in [3.63, 3.8) is 0 Å². The molecule has 0 saturated heterocycles. The van der Waals surface area contributed by atoms with E-state index in [2.05, 4.69) is 5.32 Å². The normalized spacial score (nSPS) is 10.1. The molecule has 0 saturated carbocycles. The van der Waals surface area contributed by atoms with Crippen molar-refractivity contribution >= 4 is 17.2 Å². The zero-order valence-corrected chi connectivity index (χ0v) is 9.75. The average Bonchev–Trinajstić information content (AvgIpc) is 2.24. The molecule has 1 aromatic carbocycles. The molecule has 0 aromatic heterocycles. The molecule has 1 aromatic rings. The van der Waals surface area contributed by atoms with Gasteiger partial charge in [-0.25, -0.2) is 0 Å². The number of nitrogen functional groups attached to an aromatic ring is 1. The number of anilines is 2. The molecule has 0 radical (unpaired) electrons. The third-order valence-corrected chi connectivity index (χ3v) is 2.29. The van der Waals surface area contributed by atoms with Crippen LogP contribution in [0.5, 0.6) is 0 Å². The Morgan fingerprint density at radius 2 is 2.25 bits per heavy atom. The molecule has 4 nitrogen and oxygen atoms in total. The van der Waals surface area contributed by atoms with Crippen LogP contribution in [-0.2, 0) is 4.74 Å². The lowest BCUT2D eigenvalue weighted by atomic mass is 10.1. The summed E-state index contributed by atoms with van der Waals surface area (Å²) in [5.74, 6) is -0.0107. The molecule has 0 spiro atoms. The standard InChI is InChI=1S/C12H18N2O2/c1-9(15)11-5-4-10(8-12(11)13)14-6-3-7-16-2/h4-5,8,14H,3,6-7,13H2,1-2H3. The lowest BCUT2D eigenvalue weighted by Crippen LogP contribution is -2.06. The van der Waals surface area contributed by atoms with Crippen LogP contribution >= 0.6 is 0 Å². The number of nitrogens with one attached hydrogen (secondary N) is 1. The molecular weight excluding hydrogens is 204 g/mol.